The SMILES string of the molecule is NC(=O)c1cc(F)c(N2CCC3NCCC3C2)c2c1[nH]c1ccccc12. The summed E-state index contributed by atoms with van der Waals surface area (Å²) in [6.45, 7) is 2.67. The standard InChI is InChI=1S/C20H21FN4O/c21-14-9-13(20(22)26)18-17(12-3-1-2-4-16(12)24-18)19(14)25-8-6-15-11(10-25)5-7-23-15/h1-4,9,11,15,23-24H,5-8,10H2,(H2,22,26). The number of nitrogens with one attached hydrogen (secondary N) is 2. The second-order valence-electron chi connectivity index (χ2n) is 7.38. The van der Waals surface area contributed by atoms with E-state index in [9.17, 15) is 4.79 Å². The maximum absolute atomic E-state index is 15.2. The van der Waals surface area contributed by atoms with Gasteiger partial charge in [0, 0.05) is 35.4 Å². The highest BCUT2D eigenvalue weighted by Crippen LogP contribution is 2.40. The fourth-order valence-corrected chi connectivity index (χ4v) is 4.73. The zero-order valence-electron chi connectivity index (χ0n) is 14.4. The number of aromatic nitrogens is 1. The van der Waals surface area contributed by atoms with Gasteiger partial charge in [0.2, 0.25) is 0 Å². The van der Waals surface area contributed by atoms with Crippen molar-refractivity contribution in [3.8, 4) is 0 Å². The number of fused-ring (bicyclic) bond motifs is 4. The van der Waals surface area contributed by atoms with Gasteiger partial charge in [-0.25, -0.2) is 4.39 Å². The van der Waals surface area contributed by atoms with Crippen molar-refractivity contribution in [1.82, 2.24) is 10.3 Å². The van der Waals surface area contributed by atoms with Crippen LogP contribution in [0.1, 0.15) is 23.2 Å². The largest absolute Gasteiger partial charge is 0.368 e. The average Bonchev–Trinajstić information content (AvgIpc) is 3.24. The maximum atomic E-state index is 15.2. The Balaban J connectivity index is 1.75. The van der Waals surface area contributed by atoms with Gasteiger partial charge in [-0.1, -0.05) is 18.2 Å². The first-order valence-corrected chi connectivity index (χ1v) is 9.14. The van der Waals surface area contributed by atoms with Crippen molar-refractivity contribution in [3.63, 3.8) is 0 Å². The summed E-state index contributed by atoms with van der Waals surface area (Å²) in [5, 5.41) is 5.23. The number of anilines is 1. The Morgan fingerprint density at radius 2 is 2.12 bits per heavy atom. The second-order valence-corrected chi connectivity index (χ2v) is 7.38. The van der Waals surface area contributed by atoms with E-state index in [1.165, 1.54) is 6.07 Å². The van der Waals surface area contributed by atoms with Crippen LogP contribution in [-0.4, -0.2) is 36.6 Å². The summed E-state index contributed by atoms with van der Waals surface area (Å²) < 4.78 is 15.2. The van der Waals surface area contributed by atoms with Crippen LogP contribution in [0.2, 0.25) is 0 Å². The molecule has 2 fully saturated rings. The molecule has 134 valence electrons. The number of hydrogen-bond acceptors (Lipinski definition) is 3. The molecule has 0 radical (unpaired) electrons. The van der Waals surface area contributed by atoms with E-state index in [4.69, 9.17) is 5.73 Å². The van der Waals surface area contributed by atoms with E-state index < -0.39 is 5.91 Å². The zero-order chi connectivity index (χ0) is 17.8. The molecule has 2 unspecified atom stereocenters. The van der Waals surface area contributed by atoms with Gasteiger partial charge < -0.3 is 20.9 Å². The molecule has 0 spiro atoms. The Hall–Kier alpha value is -2.60. The fraction of sp³-hybridized carbons (Fsp3) is 0.350. The molecule has 1 aromatic heterocycles. The molecule has 0 saturated carbocycles. The summed E-state index contributed by atoms with van der Waals surface area (Å²) in [6, 6.07) is 9.58. The summed E-state index contributed by atoms with van der Waals surface area (Å²) in [6.07, 6.45) is 2.13. The monoisotopic (exact) mass is 352 g/mol. The Morgan fingerprint density at radius 3 is 2.96 bits per heavy atom. The van der Waals surface area contributed by atoms with Gasteiger partial charge in [0.1, 0.15) is 5.82 Å². The van der Waals surface area contributed by atoms with Crippen molar-refractivity contribution in [2.75, 3.05) is 24.5 Å². The third-order valence-electron chi connectivity index (χ3n) is 5.95. The molecular weight excluding hydrogens is 331 g/mol. The Kier molecular flexibility index (Phi) is 3.43. The molecule has 2 saturated heterocycles. The van der Waals surface area contributed by atoms with Crippen LogP contribution in [0.5, 0.6) is 0 Å². The number of aromatic amines is 1. The summed E-state index contributed by atoms with van der Waals surface area (Å²) in [5.41, 5.74) is 7.83. The number of primary amides is 1. The van der Waals surface area contributed by atoms with Crippen LogP contribution in [0.15, 0.2) is 30.3 Å². The lowest BCUT2D eigenvalue weighted by Gasteiger charge is -2.37. The first-order valence-electron chi connectivity index (χ1n) is 9.14. The molecule has 2 aromatic carbocycles. The Bertz CT molecular complexity index is 1030. The van der Waals surface area contributed by atoms with Crippen molar-refractivity contribution in [2.45, 2.75) is 18.9 Å². The van der Waals surface area contributed by atoms with E-state index in [0.717, 1.165) is 48.8 Å². The first kappa shape index (κ1) is 15.6. The molecular formula is C20H21FN4O. The number of rotatable bonds is 2. The number of carbonyl (C=O) groups excluding carboxylic acids is 1. The molecule has 6 heteroatoms. The quantitative estimate of drug-likeness (QED) is 0.664. The molecule has 3 aromatic rings. The highest BCUT2D eigenvalue weighted by atomic mass is 19.1. The molecule has 5 nitrogen and oxygen atoms in total. The molecule has 2 atom stereocenters. The number of nitrogens with two attached hydrogens (primary N) is 1. The van der Waals surface area contributed by atoms with Crippen LogP contribution in [0.3, 0.4) is 0 Å². The van der Waals surface area contributed by atoms with Crippen molar-refractivity contribution in [1.29, 1.82) is 0 Å². The zero-order valence-corrected chi connectivity index (χ0v) is 14.4. The molecule has 5 rings (SSSR count). The number of benzene rings is 2. The van der Waals surface area contributed by atoms with Gasteiger partial charge in [-0.2, -0.15) is 0 Å². The van der Waals surface area contributed by atoms with Crippen LogP contribution in [-0.2, 0) is 0 Å². The topological polar surface area (TPSA) is 74.2 Å². The van der Waals surface area contributed by atoms with E-state index >= 15 is 4.39 Å². The summed E-state index contributed by atoms with van der Waals surface area (Å²) in [7, 11) is 0. The third kappa shape index (κ3) is 2.22. The fourth-order valence-electron chi connectivity index (χ4n) is 4.73. The van der Waals surface area contributed by atoms with Crippen molar-refractivity contribution < 1.29 is 9.18 Å². The smallest absolute Gasteiger partial charge is 0.250 e. The molecule has 2 aliphatic heterocycles. The van der Waals surface area contributed by atoms with E-state index in [-0.39, 0.29) is 11.4 Å². The average molecular weight is 352 g/mol. The number of nitrogens with zero attached hydrogens (tertiary/aromatic N) is 1. The van der Waals surface area contributed by atoms with Gasteiger partial charge in [-0.15, -0.1) is 0 Å². The maximum Gasteiger partial charge on any atom is 0.250 e. The van der Waals surface area contributed by atoms with E-state index in [2.05, 4.69) is 15.2 Å². The van der Waals surface area contributed by atoms with Crippen LogP contribution in [0, 0.1) is 11.7 Å². The number of hydrogen-bond donors (Lipinski definition) is 3. The number of amides is 1. The van der Waals surface area contributed by atoms with Crippen LogP contribution in [0.4, 0.5) is 10.1 Å². The number of piperidine rings is 1. The number of para-hydroxylation sites is 1. The minimum Gasteiger partial charge on any atom is -0.368 e. The van der Waals surface area contributed by atoms with Crippen molar-refractivity contribution in [2.24, 2.45) is 11.7 Å². The number of H-pyrrole nitrogens is 1. The van der Waals surface area contributed by atoms with E-state index in [0.29, 0.717) is 23.2 Å². The molecule has 4 N–H and O–H groups in total. The molecule has 0 bridgehead atoms. The molecule has 26 heavy (non-hydrogen) atoms. The predicted molar refractivity (Wildman–Crippen MR) is 101 cm³/mol. The highest BCUT2D eigenvalue weighted by molar-refractivity contribution is 6.19. The van der Waals surface area contributed by atoms with Gasteiger partial charge in [-0.05, 0) is 37.4 Å². The van der Waals surface area contributed by atoms with E-state index in [1.54, 1.807) is 0 Å². The predicted octanol–water partition coefficient (Wildman–Crippen LogP) is 2.75. The van der Waals surface area contributed by atoms with Gasteiger partial charge in [0.05, 0.1) is 16.8 Å². The van der Waals surface area contributed by atoms with Crippen LogP contribution < -0.4 is 16.0 Å². The summed E-state index contributed by atoms with van der Waals surface area (Å²) in [4.78, 5) is 17.3. The van der Waals surface area contributed by atoms with Gasteiger partial charge >= 0.3 is 0 Å². The van der Waals surface area contributed by atoms with Gasteiger partial charge in [-0.3, -0.25) is 4.79 Å². The second kappa shape index (κ2) is 5.71. The first-order chi connectivity index (χ1) is 12.6. The molecule has 2 aliphatic rings. The minimum atomic E-state index is -0.620. The van der Waals surface area contributed by atoms with Gasteiger partial charge in [0.15, 0.2) is 0 Å². The van der Waals surface area contributed by atoms with Crippen LogP contribution >= 0.6 is 0 Å². The molecule has 0 aliphatic carbocycles. The van der Waals surface area contributed by atoms with Gasteiger partial charge in [0.25, 0.3) is 5.91 Å². The van der Waals surface area contributed by atoms with Crippen LogP contribution in [0.25, 0.3) is 21.8 Å². The molecule has 3 heterocycles. The van der Waals surface area contributed by atoms with Crippen molar-refractivity contribution >= 4 is 33.4 Å². The third-order valence-corrected chi connectivity index (χ3v) is 5.95. The lowest BCUT2D eigenvalue weighted by molar-refractivity contribution is 0.100. The lowest BCUT2D eigenvalue weighted by Crippen LogP contribution is -2.44. The number of carbonyl (C=O) groups is 1. The Labute approximate surface area is 150 Å². The summed E-state index contributed by atoms with van der Waals surface area (Å²) >= 11 is 0. The minimum absolute atomic E-state index is 0.204. The summed E-state index contributed by atoms with van der Waals surface area (Å²) in [5.74, 6) is -0.453. The normalized spacial score (nSPS) is 22.9. The Morgan fingerprint density at radius 1 is 1.27 bits per heavy atom. The number of halogens is 1. The highest BCUT2D eigenvalue weighted by Gasteiger charge is 2.34. The molecule has 1 amide bonds. The van der Waals surface area contributed by atoms with E-state index in [1.807, 2.05) is 24.3 Å². The lowest BCUT2D eigenvalue weighted by atomic mass is 9.92. The van der Waals surface area contributed by atoms with Crippen molar-refractivity contribution in [3.05, 3.63) is 41.7 Å².